The Labute approximate surface area is 111 Å². The van der Waals surface area contributed by atoms with E-state index in [2.05, 4.69) is 4.72 Å². The fourth-order valence-electron chi connectivity index (χ4n) is 1.44. The first kappa shape index (κ1) is 14.9. The second kappa shape index (κ2) is 6.17. The predicted octanol–water partition coefficient (Wildman–Crippen LogP) is 1.80. The standard InChI is InChI=1S/C11H14ClNO4S/c1-8(9-4-2-3-5-10(9)12)13-18(16,17)7-6-11(14)15/h2-5,8,13H,6-7H2,1H3,(H,14,15)/t8-/m1/s1. The van der Waals surface area contributed by atoms with Crippen LogP contribution in [-0.4, -0.2) is 25.2 Å². The highest BCUT2D eigenvalue weighted by atomic mass is 35.5. The fourth-order valence-corrected chi connectivity index (χ4v) is 2.97. The smallest absolute Gasteiger partial charge is 0.304 e. The summed E-state index contributed by atoms with van der Waals surface area (Å²) in [5, 5.41) is 8.92. The first-order chi connectivity index (χ1) is 8.32. The number of carbonyl (C=O) groups is 1. The number of halogens is 1. The van der Waals surface area contributed by atoms with Gasteiger partial charge < -0.3 is 5.11 Å². The number of hydrogen-bond donors (Lipinski definition) is 2. The van der Waals surface area contributed by atoms with E-state index in [0.717, 1.165) is 0 Å². The Bertz CT molecular complexity index is 530. The summed E-state index contributed by atoms with van der Waals surface area (Å²) < 4.78 is 25.6. The van der Waals surface area contributed by atoms with Crippen LogP contribution < -0.4 is 4.72 Å². The minimum absolute atomic E-state index is 0.426. The van der Waals surface area contributed by atoms with Gasteiger partial charge in [0.1, 0.15) is 0 Å². The maximum Gasteiger partial charge on any atom is 0.304 e. The Balaban J connectivity index is 2.73. The molecular formula is C11H14ClNO4S. The van der Waals surface area contributed by atoms with Crippen LogP contribution >= 0.6 is 11.6 Å². The van der Waals surface area contributed by atoms with Gasteiger partial charge in [-0.05, 0) is 18.6 Å². The molecule has 7 heteroatoms. The summed E-state index contributed by atoms with van der Waals surface area (Å²) in [5.41, 5.74) is 0.651. The molecule has 1 rings (SSSR count). The first-order valence-electron chi connectivity index (χ1n) is 5.28. The zero-order valence-corrected chi connectivity index (χ0v) is 11.3. The molecule has 0 saturated heterocycles. The maximum absolute atomic E-state index is 11.6. The molecule has 2 N–H and O–H groups in total. The summed E-state index contributed by atoms with van der Waals surface area (Å²) in [6.45, 7) is 1.65. The number of rotatable bonds is 6. The molecule has 0 radical (unpaired) electrons. The van der Waals surface area contributed by atoms with Gasteiger partial charge >= 0.3 is 5.97 Å². The van der Waals surface area contributed by atoms with E-state index >= 15 is 0 Å². The highest BCUT2D eigenvalue weighted by Gasteiger charge is 2.18. The lowest BCUT2D eigenvalue weighted by atomic mass is 10.1. The molecule has 0 saturated carbocycles. The van der Waals surface area contributed by atoms with E-state index in [0.29, 0.717) is 10.6 Å². The molecule has 1 aromatic carbocycles. The molecule has 0 aliphatic carbocycles. The van der Waals surface area contributed by atoms with Gasteiger partial charge in [0, 0.05) is 11.1 Å². The molecule has 0 aliphatic heterocycles. The minimum atomic E-state index is -3.63. The summed E-state index contributed by atoms with van der Waals surface area (Å²) in [5.74, 6) is -1.59. The SMILES string of the molecule is C[C@@H](NS(=O)(=O)CCC(=O)O)c1ccccc1Cl. The van der Waals surface area contributed by atoms with Gasteiger partial charge in [-0.3, -0.25) is 4.79 Å². The molecule has 0 bridgehead atoms. The lowest BCUT2D eigenvalue weighted by Crippen LogP contribution is -2.30. The molecule has 100 valence electrons. The number of carboxylic acids is 1. The van der Waals surface area contributed by atoms with Crippen molar-refractivity contribution in [1.29, 1.82) is 0 Å². The van der Waals surface area contributed by atoms with Gasteiger partial charge in [0.2, 0.25) is 10.0 Å². The molecule has 0 amide bonds. The predicted molar refractivity (Wildman–Crippen MR) is 69.0 cm³/mol. The third-order valence-electron chi connectivity index (χ3n) is 2.31. The van der Waals surface area contributed by atoms with Gasteiger partial charge in [0.15, 0.2) is 0 Å². The van der Waals surface area contributed by atoms with Crippen LogP contribution in [0.2, 0.25) is 5.02 Å². The third kappa shape index (κ3) is 4.64. The highest BCUT2D eigenvalue weighted by Crippen LogP contribution is 2.22. The van der Waals surface area contributed by atoms with Crippen LogP contribution in [0.25, 0.3) is 0 Å². The Morgan fingerprint density at radius 3 is 2.61 bits per heavy atom. The van der Waals surface area contributed by atoms with Crippen molar-refractivity contribution in [3.63, 3.8) is 0 Å². The largest absolute Gasteiger partial charge is 0.481 e. The van der Waals surface area contributed by atoms with Crippen LogP contribution in [0.5, 0.6) is 0 Å². The van der Waals surface area contributed by atoms with E-state index < -0.39 is 34.2 Å². The minimum Gasteiger partial charge on any atom is -0.481 e. The second-order valence-electron chi connectivity index (χ2n) is 3.82. The van der Waals surface area contributed by atoms with Crippen LogP contribution in [0.15, 0.2) is 24.3 Å². The zero-order chi connectivity index (χ0) is 13.8. The Morgan fingerprint density at radius 2 is 2.06 bits per heavy atom. The average molecular weight is 292 g/mol. The van der Waals surface area contributed by atoms with Crippen molar-refractivity contribution >= 4 is 27.6 Å². The summed E-state index contributed by atoms with van der Waals surface area (Å²) in [6, 6.07) is 6.38. The van der Waals surface area contributed by atoms with Crippen LogP contribution in [0.3, 0.4) is 0 Å². The fraction of sp³-hybridized carbons (Fsp3) is 0.364. The van der Waals surface area contributed by atoms with E-state index in [1.165, 1.54) is 0 Å². The van der Waals surface area contributed by atoms with Gasteiger partial charge in [-0.2, -0.15) is 0 Å². The van der Waals surface area contributed by atoms with Crippen molar-refractivity contribution in [3.8, 4) is 0 Å². The van der Waals surface area contributed by atoms with E-state index in [1.807, 2.05) is 0 Å². The highest BCUT2D eigenvalue weighted by molar-refractivity contribution is 7.89. The lowest BCUT2D eigenvalue weighted by Gasteiger charge is -2.15. The van der Waals surface area contributed by atoms with Crippen LogP contribution in [0.1, 0.15) is 24.9 Å². The van der Waals surface area contributed by atoms with E-state index in [4.69, 9.17) is 16.7 Å². The van der Waals surface area contributed by atoms with Crippen molar-refractivity contribution in [2.75, 3.05) is 5.75 Å². The molecule has 0 aromatic heterocycles. The number of carboxylic acid groups (broad SMARTS) is 1. The van der Waals surface area contributed by atoms with Crippen LogP contribution in [0.4, 0.5) is 0 Å². The Kier molecular flexibility index (Phi) is 5.13. The molecule has 0 aliphatic rings. The van der Waals surface area contributed by atoms with Gasteiger partial charge in [0.25, 0.3) is 0 Å². The Morgan fingerprint density at radius 1 is 1.44 bits per heavy atom. The van der Waals surface area contributed by atoms with Crippen molar-refractivity contribution in [1.82, 2.24) is 4.72 Å². The molecule has 5 nitrogen and oxygen atoms in total. The number of aliphatic carboxylic acids is 1. The third-order valence-corrected chi connectivity index (χ3v) is 4.11. The number of nitrogens with one attached hydrogen (secondary N) is 1. The Hall–Kier alpha value is -1.11. The summed E-state index contributed by atoms with van der Waals surface area (Å²) >= 11 is 5.95. The summed E-state index contributed by atoms with van der Waals surface area (Å²) in [6.07, 6.45) is -0.426. The van der Waals surface area contributed by atoms with Crippen LogP contribution in [-0.2, 0) is 14.8 Å². The molecule has 0 unspecified atom stereocenters. The molecule has 0 fully saturated rings. The van der Waals surface area contributed by atoms with Crippen molar-refractivity contribution in [2.24, 2.45) is 0 Å². The molecular weight excluding hydrogens is 278 g/mol. The van der Waals surface area contributed by atoms with Gasteiger partial charge in [-0.1, -0.05) is 29.8 Å². The van der Waals surface area contributed by atoms with Gasteiger partial charge in [0.05, 0.1) is 12.2 Å². The van der Waals surface area contributed by atoms with E-state index in [9.17, 15) is 13.2 Å². The number of benzene rings is 1. The molecule has 1 atom stereocenters. The first-order valence-corrected chi connectivity index (χ1v) is 7.31. The molecule has 18 heavy (non-hydrogen) atoms. The lowest BCUT2D eigenvalue weighted by molar-refractivity contribution is -0.136. The van der Waals surface area contributed by atoms with E-state index in [-0.39, 0.29) is 0 Å². The van der Waals surface area contributed by atoms with Crippen molar-refractivity contribution in [3.05, 3.63) is 34.9 Å². The van der Waals surface area contributed by atoms with Crippen molar-refractivity contribution in [2.45, 2.75) is 19.4 Å². The topological polar surface area (TPSA) is 83.5 Å². The number of hydrogen-bond acceptors (Lipinski definition) is 3. The normalized spacial score (nSPS) is 13.2. The molecule has 1 aromatic rings. The summed E-state index contributed by atoms with van der Waals surface area (Å²) in [4.78, 5) is 10.3. The monoisotopic (exact) mass is 291 g/mol. The second-order valence-corrected chi connectivity index (χ2v) is 6.10. The maximum atomic E-state index is 11.6. The zero-order valence-electron chi connectivity index (χ0n) is 9.76. The van der Waals surface area contributed by atoms with Gasteiger partial charge in [-0.15, -0.1) is 0 Å². The molecule has 0 spiro atoms. The average Bonchev–Trinajstić information content (AvgIpc) is 2.26. The number of sulfonamides is 1. The quantitative estimate of drug-likeness (QED) is 0.837. The molecule has 0 heterocycles. The van der Waals surface area contributed by atoms with Crippen molar-refractivity contribution < 1.29 is 18.3 Å². The van der Waals surface area contributed by atoms with E-state index in [1.54, 1.807) is 31.2 Å². The van der Waals surface area contributed by atoms with Gasteiger partial charge in [-0.25, -0.2) is 13.1 Å². The van der Waals surface area contributed by atoms with Crippen LogP contribution in [0, 0.1) is 0 Å². The summed E-state index contributed by atoms with van der Waals surface area (Å²) in [7, 11) is -3.63.